The van der Waals surface area contributed by atoms with E-state index < -0.39 is 0 Å². The highest BCUT2D eigenvalue weighted by atomic mass is 16.5. The zero-order chi connectivity index (χ0) is 14.8. The van der Waals surface area contributed by atoms with E-state index >= 15 is 0 Å². The minimum Gasteiger partial charge on any atom is -0.496 e. The Morgan fingerprint density at radius 2 is 2.10 bits per heavy atom. The summed E-state index contributed by atoms with van der Waals surface area (Å²) in [6, 6.07) is 6.19. The molecule has 1 fully saturated rings. The van der Waals surface area contributed by atoms with Gasteiger partial charge in [0, 0.05) is 6.42 Å². The summed E-state index contributed by atoms with van der Waals surface area (Å²) in [6.45, 7) is 6.68. The van der Waals surface area contributed by atoms with Crippen molar-refractivity contribution in [2.75, 3.05) is 7.11 Å². The van der Waals surface area contributed by atoms with Gasteiger partial charge in [-0.3, -0.25) is 0 Å². The maximum absolute atomic E-state index is 10.7. The number of aliphatic hydroxyl groups is 1. The molecular formula is C18H28O2. The summed E-state index contributed by atoms with van der Waals surface area (Å²) in [5, 5.41) is 10.7. The Bertz CT molecular complexity index is 451. The van der Waals surface area contributed by atoms with E-state index in [9.17, 15) is 5.11 Å². The topological polar surface area (TPSA) is 29.5 Å². The second-order valence-corrected chi connectivity index (χ2v) is 6.93. The second-order valence-electron chi connectivity index (χ2n) is 6.93. The third-order valence-electron chi connectivity index (χ3n) is 4.92. The van der Waals surface area contributed by atoms with Gasteiger partial charge in [0.05, 0.1) is 13.2 Å². The molecule has 2 rings (SSSR count). The minimum absolute atomic E-state index is 0.245. The smallest absolute Gasteiger partial charge is 0.122 e. The molecule has 1 aliphatic carbocycles. The maximum atomic E-state index is 10.7. The van der Waals surface area contributed by atoms with E-state index in [1.54, 1.807) is 7.11 Å². The van der Waals surface area contributed by atoms with Crippen molar-refractivity contribution >= 4 is 0 Å². The van der Waals surface area contributed by atoms with Crippen LogP contribution in [0.5, 0.6) is 5.75 Å². The number of rotatable bonds is 4. The zero-order valence-corrected chi connectivity index (χ0v) is 13.3. The second kappa shape index (κ2) is 6.17. The van der Waals surface area contributed by atoms with Crippen molar-refractivity contribution in [2.24, 2.45) is 11.3 Å². The summed E-state index contributed by atoms with van der Waals surface area (Å²) in [5.41, 5.74) is 2.59. The first kappa shape index (κ1) is 15.4. The van der Waals surface area contributed by atoms with E-state index in [2.05, 4.69) is 32.9 Å². The van der Waals surface area contributed by atoms with E-state index in [1.807, 2.05) is 6.07 Å². The summed E-state index contributed by atoms with van der Waals surface area (Å²) in [4.78, 5) is 0. The molecule has 0 bridgehead atoms. The minimum atomic E-state index is -0.277. The van der Waals surface area contributed by atoms with E-state index in [-0.39, 0.29) is 11.5 Å². The standard InChI is InChI=1S/C18H28O2/c1-13-8-9-17(20-4)14(11-13)12-16(19)15-7-5-6-10-18(15,2)3/h8-9,11,15-16,19H,5-7,10,12H2,1-4H3. The van der Waals surface area contributed by atoms with Crippen LogP contribution >= 0.6 is 0 Å². The Morgan fingerprint density at radius 1 is 1.35 bits per heavy atom. The average Bonchev–Trinajstić information content (AvgIpc) is 2.38. The summed E-state index contributed by atoms with van der Waals surface area (Å²) >= 11 is 0. The Kier molecular flexibility index (Phi) is 4.74. The number of methoxy groups -OCH3 is 1. The molecule has 0 amide bonds. The van der Waals surface area contributed by atoms with E-state index in [0.717, 1.165) is 17.7 Å². The molecule has 2 nitrogen and oxygen atoms in total. The molecule has 0 aliphatic heterocycles. The zero-order valence-electron chi connectivity index (χ0n) is 13.3. The van der Waals surface area contributed by atoms with Crippen molar-refractivity contribution in [1.82, 2.24) is 0 Å². The van der Waals surface area contributed by atoms with Gasteiger partial charge in [0.15, 0.2) is 0 Å². The van der Waals surface area contributed by atoms with Gasteiger partial charge < -0.3 is 9.84 Å². The van der Waals surface area contributed by atoms with Crippen molar-refractivity contribution in [1.29, 1.82) is 0 Å². The number of hydrogen-bond acceptors (Lipinski definition) is 2. The fourth-order valence-electron chi connectivity index (χ4n) is 3.67. The molecule has 2 heteroatoms. The van der Waals surface area contributed by atoms with Crippen LogP contribution in [-0.4, -0.2) is 18.3 Å². The molecule has 0 aromatic heterocycles. The lowest BCUT2D eigenvalue weighted by atomic mass is 9.66. The van der Waals surface area contributed by atoms with Crippen LogP contribution in [0.15, 0.2) is 18.2 Å². The predicted molar refractivity (Wildman–Crippen MR) is 83.2 cm³/mol. The van der Waals surface area contributed by atoms with Crippen molar-refractivity contribution in [3.05, 3.63) is 29.3 Å². The molecule has 2 atom stereocenters. The van der Waals surface area contributed by atoms with Gasteiger partial charge in [-0.1, -0.05) is 44.4 Å². The van der Waals surface area contributed by atoms with Gasteiger partial charge in [0.25, 0.3) is 0 Å². The molecule has 1 N–H and O–H groups in total. The van der Waals surface area contributed by atoms with Crippen molar-refractivity contribution < 1.29 is 9.84 Å². The highest BCUT2D eigenvalue weighted by Crippen LogP contribution is 2.43. The molecule has 1 aliphatic rings. The van der Waals surface area contributed by atoms with Crippen LogP contribution in [0.2, 0.25) is 0 Å². The first-order chi connectivity index (χ1) is 9.44. The highest BCUT2D eigenvalue weighted by Gasteiger charge is 2.36. The van der Waals surface area contributed by atoms with Crippen LogP contribution in [0, 0.1) is 18.3 Å². The molecule has 20 heavy (non-hydrogen) atoms. The fraction of sp³-hybridized carbons (Fsp3) is 0.667. The summed E-state index contributed by atoms with van der Waals surface area (Å²) < 4.78 is 5.43. The first-order valence-corrected chi connectivity index (χ1v) is 7.75. The normalized spacial score (nSPS) is 23.4. The third-order valence-corrected chi connectivity index (χ3v) is 4.92. The first-order valence-electron chi connectivity index (χ1n) is 7.75. The quantitative estimate of drug-likeness (QED) is 0.896. The van der Waals surface area contributed by atoms with E-state index in [4.69, 9.17) is 4.74 Å². The average molecular weight is 276 g/mol. The molecule has 1 saturated carbocycles. The fourth-order valence-corrected chi connectivity index (χ4v) is 3.67. The number of hydrogen-bond donors (Lipinski definition) is 1. The predicted octanol–water partition coefficient (Wildman–Crippen LogP) is 4.12. The molecule has 1 aromatic rings. The number of aryl methyl sites for hydroxylation is 1. The molecule has 0 radical (unpaired) electrons. The highest BCUT2D eigenvalue weighted by molar-refractivity contribution is 5.37. The van der Waals surface area contributed by atoms with Gasteiger partial charge in [-0.05, 0) is 42.7 Å². The molecule has 0 saturated heterocycles. The summed E-state index contributed by atoms with van der Waals surface area (Å²) in [5.74, 6) is 1.28. The summed E-state index contributed by atoms with van der Waals surface area (Å²) in [7, 11) is 1.70. The Morgan fingerprint density at radius 3 is 2.75 bits per heavy atom. The maximum Gasteiger partial charge on any atom is 0.122 e. The molecular weight excluding hydrogens is 248 g/mol. The van der Waals surface area contributed by atoms with Crippen molar-refractivity contribution in [3.8, 4) is 5.75 Å². The van der Waals surface area contributed by atoms with Crippen molar-refractivity contribution in [2.45, 2.75) is 59.0 Å². The molecule has 1 aromatic carbocycles. The SMILES string of the molecule is COc1ccc(C)cc1CC(O)C1CCCCC1(C)C. The monoisotopic (exact) mass is 276 g/mol. The Hall–Kier alpha value is -1.02. The number of aliphatic hydroxyl groups excluding tert-OH is 1. The molecule has 0 spiro atoms. The van der Waals surface area contributed by atoms with Crippen LogP contribution in [0.4, 0.5) is 0 Å². The third kappa shape index (κ3) is 3.35. The van der Waals surface area contributed by atoms with Crippen LogP contribution < -0.4 is 4.74 Å². The van der Waals surface area contributed by atoms with Gasteiger partial charge in [-0.2, -0.15) is 0 Å². The van der Waals surface area contributed by atoms with E-state index in [1.165, 1.54) is 24.8 Å². The Balaban J connectivity index is 2.14. The largest absolute Gasteiger partial charge is 0.496 e. The number of benzene rings is 1. The van der Waals surface area contributed by atoms with Crippen LogP contribution in [0.1, 0.15) is 50.7 Å². The lowest BCUT2D eigenvalue weighted by molar-refractivity contribution is 0.00553. The van der Waals surface area contributed by atoms with Gasteiger partial charge >= 0.3 is 0 Å². The van der Waals surface area contributed by atoms with Gasteiger partial charge in [0.2, 0.25) is 0 Å². The van der Waals surface area contributed by atoms with Gasteiger partial charge in [-0.25, -0.2) is 0 Å². The van der Waals surface area contributed by atoms with Crippen LogP contribution in [0.3, 0.4) is 0 Å². The molecule has 2 unspecified atom stereocenters. The lowest BCUT2D eigenvalue weighted by Crippen LogP contribution is -2.37. The van der Waals surface area contributed by atoms with E-state index in [0.29, 0.717) is 12.3 Å². The van der Waals surface area contributed by atoms with Gasteiger partial charge in [-0.15, -0.1) is 0 Å². The Labute approximate surface area is 123 Å². The van der Waals surface area contributed by atoms with Crippen LogP contribution in [-0.2, 0) is 6.42 Å². The number of ether oxygens (including phenoxy) is 1. The van der Waals surface area contributed by atoms with Crippen LogP contribution in [0.25, 0.3) is 0 Å². The lowest BCUT2D eigenvalue weighted by Gasteiger charge is -2.41. The molecule has 0 heterocycles. The van der Waals surface area contributed by atoms with Gasteiger partial charge in [0.1, 0.15) is 5.75 Å². The summed E-state index contributed by atoms with van der Waals surface area (Å²) in [6.07, 6.45) is 5.32. The molecule has 112 valence electrons. The van der Waals surface area contributed by atoms with Crippen molar-refractivity contribution in [3.63, 3.8) is 0 Å².